The van der Waals surface area contributed by atoms with E-state index in [4.69, 9.17) is 0 Å². The Morgan fingerprint density at radius 1 is 0.950 bits per heavy atom. The molecule has 0 radical (unpaired) electrons. The largest absolute Gasteiger partial charge is 0.354 e. The smallest absolute Gasteiger partial charge is 0.244 e. The molecule has 0 bridgehead atoms. The van der Waals surface area contributed by atoms with Crippen LogP contribution in [0.2, 0.25) is 0 Å². The van der Waals surface area contributed by atoms with E-state index in [0.717, 1.165) is 49.0 Å². The van der Waals surface area contributed by atoms with Crippen molar-refractivity contribution < 1.29 is 18.0 Å². The van der Waals surface area contributed by atoms with E-state index < -0.39 is 28.5 Å². The molecule has 0 spiro atoms. The number of unbranched alkanes of at least 4 members (excludes halogenated alkanes) is 1. The predicted molar refractivity (Wildman–Crippen MR) is 168 cm³/mol. The van der Waals surface area contributed by atoms with Gasteiger partial charge in [-0.3, -0.25) is 13.9 Å². The number of benzene rings is 3. The minimum absolute atomic E-state index is 0.141. The van der Waals surface area contributed by atoms with Gasteiger partial charge in [-0.25, -0.2) is 8.42 Å². The van der Waals surface area contributed by atoms with Gasteiger partial charge in [0.25, 0.3) is 0 Å². The van der Waals surface area contributed by atoms with Gasteiger partial charge in [-0.05, 0) is 60.4 Å². The molecule has 214 valence electrons. The monoisotopic (exact) mass is 691 g/mol. The number of sulfonamides is 1. The number of nitrogens with zero attached hydrogens (tertiary/aromatic N) is 2. The number of aryl methyl sites for hydroxylation is 1. The van der Waals surface area contributed by atoms with Gasteiger partial charge in [0.05, 0.1) is 11.9 Å². The van der Waals surface area contributed by atoms with Crippen molar-refractivity contribution in [1.82, 2.24) is 10.2 Å². The van der Waals surface area contributed by atoms with Crippen LogP contribution in [0, 0.1) is 6.92 Å². The van der Waals surface area contributed by atoms with E-state index in [1.54, 1.807) is 18.2 Å². The topological polar surface area (TPSA) is 86.8 Å². The first-order valence-corrected chi connectivity index (χ1v) is 16.5. The lowest BCUT2D eigenvalue weighted by molar-refractivity contribution is -0.140. The van der Waals surface area contributed by atoms with Gasteiger partial charge in [-0.2, -0.15) is 0 Å². The van der Waals surface area contributed by atoms with Gasteiger partial charge < -0.3 is 10.2 Å². The molecule has 0 aromatic heterocycles. The summed E-state index contributed by atoms with van der Waals surface area (Å²) < 4.78 is 28.6. The lowest BCUT2D eigenvalue weighted by Crippen LogP contribution is -2.53. The third kappa shape index (κ3) is 9.17. The average Bonchev–Trinajstić information content (AvgIpc) is 2.92. The molecule has 0 aliphatic carbocycles. The molecule has 40 heavy (non-hydrogen) atoms. The second-order valence-electron chi connectivity index (χ2n) is 9.70. The molecule has 1 atom stereocenters. The third-order valence-electron chi connectivity index (χ3n) is 6.48. The number of nitrogens with one attached hydrogen (secondary N) is 1. The normalized spacial score (nSPS) is 12.0. The fourth-order valence-electron chi connectivity index (χ4n) is 4.24. The summed E-state index contributed by atoms with van der Waals surface area (Å²) in [7, 11) is -3.81. The lowest BCUT2D eigenvalue weighted by atomic mass is 10.0. The summed E-state index contributed by atoms with van der Waals surface area (Å²) in [6, 6.07) is 21.3. The molecule has 10 heteroatoms. The second-order valence-corrected chi connectivity index (χ2v) is 13.4. The van der Waals surface area contributed by atoms with Crippen LogP contribution in [0.1, 0.15) is 36.5 Å². The van der Waals surface area contributed by atoms with Crippen molar-refractivity contribution in [3.05, 3.63) is 98.4 Å². The molecule has 0 saturated carbocycles. The highest BCUT2D eigenvalue weighted by Gasteiger charge is 2.33. The summed E-state index contributed by atoms with van der Waals surface area (Å²) in [6.07, 6.45) is 3.10. The van der Waals surface area contributed by atoms with Crippen molar-refractivity contribution in [3.63, 3.8) is 0 Å². The quantitative estimate of drug-likeness (QED) is 0.228. The highest BCUT2D eigenvalue weighted by molar-refractivity contribution is 9.10. The maximum atomic E-state index is 14.1. The number of rotatable bonds is 13. The fraction of sp³-hybridized carbons (Fsp3) is 0.333. The maximum absolute atomic E-state index is 14.1. The van der Waals surface area contributed by atoms with Crippen molar-refractivity contribution in [2.75, 3.05) is 23.7 Å². The molecule has 3 aromatic carbocycles. The molecular formula is C30H35Br2N3O4S. The summed E-state index contributed by atoms with van der Waals surface area (Å²) >= 11 is 6.89. The summed E-state index contributed by atoms with van der Waals surface area (Å²) in [5.74, 6) is -0.742. The minimum Gasteiger partial charge on any atom is -0.354 e. The molecule has 3 rings (SSSR count). The molecule has 0 aliphatic rings. The highest BCUT2D eigenvalue weighted by Crippen LogP contribution is 2.25. The Kier molecular flexibility index (Phi) is 11.8. The first-order valence-electron chi connectivity index (χ1n) is 13.1. The van der Waals surface area contributed by atoms with E-state index in [-0.39, 0.29) is 18.9 Å². The van der Waals surface area contributed by atoms with E-state index in [0.29, 0.717) is 12.2 Å². The summed E-state index contributed by atoms with van der Waals surface area (Å²) in [5.41, 5.74) is 2.94. The molecule has 0 saturated heterocycles. The zero-order chi connectivity index (χ0) is 29.3. The Hall–Kier alpha value is -2.69. The standard InChI is InChI=1S/C30H35Br2N3O4S/c1-4-5-17-33-30(37)28(19-23-9-7-6-8-10-23)34(20-24-11-13-25(31)14-12-24)29(36)21-35(40(3,38)39)26-15-16-27(32)22(2)18-26/h6-16,18,28H,4-5,17,19-21H2,1-3H3,(H,33,37)/t28-/m1/s1. The molecular weight excluding hydrogens is 658 g/mol. The summed E-state index contributed by atoms with van der Waals surface area (Å²) in [5, 5.41) is 2.99. The van der Waals surface area contributed by atoms with Gasteiger partial charge in [0, 0.05) is 28.5 Å². The Bertz CT molecular complexity index is 1400. The van der Waals surface area contributed by atoms with Gasteiger partial charge in [0.1, 0.15) is 12.6 Å². The number of amides is 2. The number of anilines is 1. The predicted octanol–water partition coefficient (Wildman–Crippen LogP) is 5.84. The highest BCUT2D eigenvalue weighted by atomic mass is 79.9. The van der Waals surface area contributed by atoms with Crippen LogP contribution in [0.5, 0.6) is 0 Å². The lowest BCUT2D eigenvalue weighted by Gasteiger charge is -2.33. The molecule has 0 fully saturated rings. The molecule has 7 nitrogen and oxygen atoms in total. The first-order chi connectivity index (χ1) is 19.0. The van der Waals surface area contributed by atoms with Gasteiger partial charge in [0.15, 0.2) is 0 Å². The zero-order valence-electron chi connectivity index (χ0n) is 22.9. The van der Waals surface area contributed by atoms with Crippen LogP contribution in [0.3, 0.4) is 0 Å². The molecule has 0 heterocycles. The maximum Gasteiger partial charge on any atom is 0.244 e. The molecule has 2 amide bonds. The van der Waals surface area contributed by atoms with Crippen LogP contribution in [0.25, 0.3) is 0 Å². The van der Waals surface area contributed by atoms with Crippen LogP contribution in [-0.2, 0) is 32.6 Å². The molecule has 0 aliphatic heterocycles. The summed E-state index contributed by atoms with van der Waals surface area (Å²) in [6.45, 7) is 4.09. The molecule has 0 unspecified atom stereocenters. The number of carbonyl (C=O) groups is 2. The number of halogens is 2. The van der Waals surface area contributed by atoms with E-state index in [2.05, 4.69) is 37.2 Å². The number of hydrogen-bond acceptors (Lipinski definition) is 4. The van der Waals surface area contributed by atoms with Crippen molar-refractivity contribution in [2.45, 2.75) is 45.7 Å². The molecule has 1 N–H and O–H groups in total. The van der Waals surface area contributed by atoms with E-state index in [9.17, 15) is 18.0 Å². The average molecular weight is 694 g/mol. The first kappa shape index (κ1) is 31.8. The van der Waals surface area contributed by atoms with E-state index in [1.165, 1.54) is 4.90 Å². The van der Waals surface area contributed by atoms with Crippen LogP contribution in [-0.4, -0.2) is 50.5 Å². The van der Waals surface area contributed by atoms with Crippen LogP contribution < -0.4 is 9.62 Å². The van der Waals surface area contributed by atoms with Crippen molar-refractivity contribution in [1.29, 1.82) is 0 Å². The Balaban J connectivity index is 2.03. The molecule has 3 aromatic rings. The fourth-order valence-corrected chi connectivity index (χ4v) is 5.60. The van der Waals surface area contributed by atoms with Crippen LogP contribution >= 0.6 is 31.9 Å². The van der Waals surface area contributed by atoms with Gasteiger partial charge >= 0.3 is 0 Å². The SMILES string of the molecule is CCCCNC(=O)[C@@H](Cc1ccccc1)N(Cc1ccc(Br)cc1)C(=O)CN(c1ccc(Br)c(C)c1)S(C)(=O)=O. The number of carbonyl (C=O) groups excluding carboxylic acids is 2. The second kappa shape index (κ2) is 14.8. The minimum atomic E-state index is -3.81. The van der Waals surface area contributed by atoms with Crippen molar-refractivity contribution >= 4 is 59.4 Å². The Morgan fingerprint density at radius 2 is 1.62 bits per heavy atom. The van der Waals surface area contributed by atoms with E-state index in [1.807, 2.05) is 68.4 Å². The number of hydrogen-bond donors (Lipinski definition) is 1. The van der Waals surface area contributed by atoms with Gasteiger partial charge in [-0.1, -0.05) is 87.7 Å². The zero-order valence-corrected chi connectivity index (χ0v) is 26.9. The summed E-state index contributed by atoms with van der Waals surface area (Å²) in [4.78, 5) is 29.2. The van der Waals surface area contributed by atoms with Crippen molar-refractivity contribution in [2.24, 2.45) is 0 Å². The van der Waals surface area contributed by atoms with Crippen molar-refractivity contribution in [3.8, 4) is 0 Å². The van der Waals surface area contributed by atoms with Crippen LogP contribution in [0.4, 0.5) is 5.69 Å². The van der Waals surface area contributed by atoms with Gasteiger partial charge in [0.2, 0.25) is 21.8 Å². The van der Waals surface area contributed by atoms with Crippen LogP contribution in [0.15, 0.2) is 81.7 Å². The Labute approximate surface area is 254 Å². The van der Waals surface area contributed by atoms with E-state index >= 15 is 0 Å². The van der Waals surface area contributed by atoms with Gasteiger partial charge in [-0.15, -0.1) is 0 Å². The Morgan fingerprint density at radius 3 is 2.23 bits per heavy atom. The third-order valence-corrected chi connectivity index (χ3v) is 9.03.